The highest BCUT2D eigenvalue weighted by Gasteiger charge is 2.16. The quantitative estimate of drug-likeness (QED) is 0.733. The molecule has 0 saturated carbocycles. The van der Waals surface area contributed by atoms with Crippen LogP contribution < -0.4 is 5.14 Å². The van der Waals surface area contributed by atoms with Gasteiger partial charge in [-0.15, -0.1) is 0 Å². The summed E-state index contributed by atoms with van der Waals surface area (Å²) in [4.78, 5) is 4.05. The molecule has 74 valence electrons. The van der Waals surface area contributed by atoms with E-state index in [9.17, 15) is 8.42 Å². The minimum atomic E-state index is -3.69. The van der Waals surface area contributed by atoms with E-state index in [1.54, 1.807) is 23.7 Å². The maximum absolute atomic E-state index is 11.2. The molecule has 2 rings (SSSR count). The fourth-order valence-corrected chi connectivity index (χ4v) is 2.12. The first kappa shape index (κ1) is 9.17. The molecule has 2 aromatic rings. The number of hydrogen-bond donors (Lipinski definition) is 1. The van der Waals surface area contributed by atoms with Crippen molar-refractivity contribution in [2.24, 2.45) is 12.2 Å². The summed E-state index contributed by atoms with van der Waals surface area (Å²) < 4.78 is 24.1. The SMILES string of the molecule is Cn1cc(S(N)(=O)=O)c2ncccc21. The Morgan fingerprint density at radius 1 is 1.50 bits per heavy atom. The van der Waals surface area contributed by atoms with Crippen molar-refractivity contribution in [1.29, 1.82) is 0 Å². The van der Waals surface area contributed by atoms with Crippen LogP contribution in [0.1, 0.15) is 0 Å². The molecule has 0 aliphatic rings. The fourth-order valence-electron chi connectivity index (χ4n) is 1.39. The van der Waals surface area contributed by atoms with Crippen LogP contribution in [0.3, 0.4) is 0 Å². The lowest BCUT2D eigenvalue weighted by atomic mass is 10.4. The summed E-state index contributed by atoms with van der Waals surface area (Å²) in [6.45, 7) is 0. The molecule has 0 aliphatic carbocycles. The highest BCUT2D eigenvalue weighted by molar-refractivity contribution is 7.89. The number of aromatic nitrogens is 2. The molecular weight excluding hydrogens is 202 g/mol. The van der Waals surface area contributed by atoms with Gasteiger partial charge in [0.15, 0.2) is 0 Å². The van der Waals surface area contributed by atoms with Crippen LogP contribution in [0.5, 0.6) is 0 Å². The van der Waals surface area contributed by atoms with Gasteiger partial charge >= 0.3 is 0 Å². The molecule has 2 aromatic heterocycles. The Morgan fingerprint density at radius 2 is 2.21 bits per heavy atom. The number of fused-ring (bicyclic) bond motifs is 1. The van der Waals surface area contributed by atoms with Crippen LogP contribution in [-0.4, -0.2) is 18.0 Å². The number of aryl methyl sites for hydroxylation is 1. The summed E-state index contributed by atoms with van der Waals surface area (Å²) in [7, 11) is -1.94. The van der Waals surface area contributed by atoms with Crippen molar-refractivity contribution in [3.8, 4) is 0 Å². The van der Waals surface area contributed by atoms with Gasteiger partial charge in [-0.25, -0.2) is 13.6 Å². The third-order valence-corrected chi connectivity index (χ3v) is 2.93. The second-order valence-electron chi connectivity index (χ2n) is 3.02. The molecule has 6 heteroatoms. The van der Waals surface area contributed by atoms with Crippen LogP contribution in [0.15, 0.2) is 29.4 Å². The van der Waals surface area contributed by atoms with Crippen molar-refractivity contribution in [2.45, 2.75) is 4.90 Å². The number of nitrogens with zero attached hydrogens (tertiary/aromatic N) is 2. The van der Waals surface area contributed by atoms with Crippen LogP contribution in [-0.2, 0) is 17.1 Å². The summed E-state index contributed by atoms with van der Waals surface area (Å²) in [5.74, 6) is 0. The summed E-state index contributed by atoms with van der Waals surface area (Å²) in [5, 5.41) is 5.06. The maximum Gasteiger partial charge on any atom is 0.241 e. The fraction of sp³-hybridized carbons (Fsp3) is 0.125. The van der Waals surface area contributed by atoms with Crippen molar-refractivity contribution in [3.63, 3.8) is 0 Å². The summed E-state index contributed by atoms with van der Waals surface area (Å²) in [5.41, 5.74) is 1.16. The third-order valence-electron chi connectivity index (χ3n) is 2.02. The van der Waals surface area contributed by atoms with Gasteiger partial charge in [0.1, 0.15) is 10.4 Å². The molecule has 0 amide bonds. The molecule has 0 unspecified atom stereocenters. The Kier molecular flexibility index (Phi) is 1.83. The molecular formula is C8H9N3O2S. The predicted octanol–water partition coefficient (Wildman–Crippen LogP) is 0.221. The highest BCUT2D eigenvalue weighted by atomic mass is 32.2. The minimum absolute atomic E-state index is 0.0654. The van der Waals surface area contributed by atoms with E-state index in [0.29, 0.717) is 5.52 Å². The zero-order valence-electron chi connectivity index (χ0n) is 7.51. The van der Waals surface area contributed by atoms with E-state index in [2.05, 4.69) is 4.98 Å². The first-order valence-corrected chi connectivity index (χ1v) is 5.47. The minimum Gasteiger partial charge on any atom is -0.348 e. The smallest absolute Gasteiger partial charge is 0.241 e. The summed E-state index contributed by atoms with van der Waals surface area (Å²) in [6, 6.07) is 3.53. The van der Waals surface area contributed by atoms with Gasteiger partial charge in [0.05, 0.1) is 5.52 Å². The number of hydrogen-bond acceptors (Lipinski definition) is 3. The Balaban J connectivity index is 2.93. The van der Waals surface area contributed by atoms with E-state index in [4.69, 9.17) is 5.14 Å². The predicted molar refractivity (Wildman–Crippen MR) is 52.1 cm³/mol. The van der Waals surface area contributed by atoms with E-state index in [0.717, 1.165) is 5.52 Å². The number of nitrogens with two attached hydrogens (primary N) is 1. The number of rotatable bonds is 1. The zero-order valence-corrected chi connectivity index (χ0v) is 8.32. The molecule has 0 aromatic carbocycles. The lowest BCUT2D eigenvalue weighted by Crippen LogP contribution is -2.11. The van der Waals surface area contributed by atoms with Crippen LogP contribution in [0.4, 0.5) is 0 Å². The molecule has 0 atom stereocenters. The molecule has 5 nitrogen and oxygen atoms in total. The van der Waals surface area contributed by atoms with Crippen molar-refractivity contribution in [3.05, 3.63) is 24.5 Å². The lowest BCUT2D eigenvalue weighted by molar-refractivity contribution is 0.598. The number of sulfonamides is 1. The number of pyridine rings is 1. The second-order valence-corrected chi connectivity index (χ2v) is 4.55. The first-order valence-electron chi connectivity index (χ1n) is 3.93. The molecule has 0 fully saturated rings. The van der Waals surface area contributed by atoms with E-state index in [-0.39, 0.29) is 4.90 Å². The van der Waals surface area contributed by atoms with Crippen molar-refractivity contribution >= 4 is 21.1 Å². The zero-order chi connectivity index (χ0) is 10.3. The second kappa shape index (κ2) is 2.79. The Labute approximate surface area is 81.2 Å². The largest absolute Gasteiger partial charge is 0.348 e. The summed E-state index contributed by atoms with van der Waals surface area (Å²) >= 11 is 0. The van der Waals surface area contributed by atoms with E-state index in [1.807, 2.05) is 0 Å². The third kappa shape index (κ3) is 1.28. The molecule has 0 bridgehead atoms. The molecule has 2 N–H and O–H groups in total. The van der Waals surface area contributed by atoms with Crippen molar-refractivity contribution < 1.29 is 8.42 Å². The van der Waals surface area contributed by atoms with Crippen LogP contribution >= 0.6 is 0 Å². The Hall–Kier alpha value is -1.40. The molecule has 2 heterocycles. The standard InChI is InChI=1S/C8H9N3O2S/c1-11-5-7(14(9,12)13)8-6(11)3-2-4-10-8/h2-5H,1H3,(H2,9,12,13). The van der Waals surface area contributed by atoms with Gasteiger partial charge in [0.25, 0.3) is 0 Å². The summed E-state index contributed by atoms with van der Waals surface area (Å²) in [6.07, 6.45) is 3.00. The van der Waals surface area contributed by atoms with Gasteiger partial charge in [-0.1, -0.05) is 0 Å². The van der Waals surface area contributed by atoms with Gasteiger partial charge in [-0.05, 0) is 12.1 Å². The van der Waals surface area contributed by atoms with Gasteiger partial charge in [0, 0.05) is 19.4 Å². The van der Waals surface area contributed by atoms with Crippen LogP contribution in [0.2, 0.25) is 0 Å². The monoisotopic (exact) mass is 211 g/mol. The van der Waals surface area contributed by atoms with E-state index in [1.165, 1.54) is 12.4 Å². The van der Waals surface area contributed by atoms with Gasteiger partial charge < -0.3 is 4.57 Å². The number of primary sulfonamides is 1. The topological polar surface area (TPSA) is 78.0 Å². The van der Waals surface area contributed by atoms with Gasteiger partial charge in [-0.2, -0.15) is 0 Å². The Bertz CT molecular complexity index is 586. The maximum atomic E-state index is 11.2. The average molecular weight is 211 g/mol. The average Bonchev–Trinajstić information content (AvgIpc) is 2.44. The van der Waals surface area contributed by atoms with Crippen LogP contribution in [0, 0.1) is 0 Å². The molecule has 0 spiro atoms. The Morgan fingerprint density at radius 3 is 2.86 bits per heavy atom. The van der Waals surface area contributed by atoms with E-state index >= 15 is 0 Å². The highest BCUT2D eigenvalue weighted by Crippen LogP contribution is 2.20. The first-order chi connectivity index (χ1) is 6.50. The van der Waals surface area contributed by atoms with Crippen molar-refractivity contribution in [2.75, 3.05) is 0 Å². The lowest BCUT2D eigenvalue weighted by Gasteiger charge is -1.93. The van der Waals surface area contributed by atoms with Crippen LogP contribution in [0.25, 0.3) is 11.0 Å². The molecule has 0 aliphatic heterocycles. The molecule has 0 radical (unpaired) electrons. The van der Waals surface area contributed by atoms with Gasteiger partial charge in [0.2, 0.25) is 10.0 Å². The molecule has 14 heavy (non-hydrogen) atoms. The van der Waals surface area contributed by atoms with Crippen molar-refractivity contribution in [1.82, 2.24) is 9.55 Å². The van der Waals surface area contributed by atoms with E-state index < -0.39 is 10.0 Å². The molecule has 0 saturated heterocycles. The normalized spacial score (nSPS) is 12.1. The van der Waals surface area contributed by atoms with Gasteiger partial charge in [-0.3, -0.25) is 4.98 Å².